The Morgan fingerprint density at radius 2 is 2.10 bits per heavy atom. The Morgan fingerprint density at radius 3 is 2.95 bits per heavy atom. The largest absolute Gasteiger partial charge is 0.379 e. The van der Waals surface area contributed by atoms with Crippen molar-refractivity contribution in [3.8, 4) is 0 Å². The Balaban J connectivity index is 1.73. The number of hydrogen-bond acceptors (Lipinski definition) is 3. The fraction of sp³-hybridized carbons (Fsp3) is 0.471. The van der Waals surface area contributed by atoms with Crippen LogP contribution >= 0.6 is 0 Å². The Bertz CT molecular complexity index is 520. The molecule has 1 heterocycles. The minimum Gasteiger partial charge on any atom is -0.379 e. The average Bonchev–Trinajstić information content (AvgIpc) is 2.46. The molecule has 2 aromatic rings. The molecule has 0 bridgehead atoms. The maximum Gasteiger partial charge on any atom is 0.0518 e. The van der Waals surface area contributed by atoms with Crippen LogP contribution in [-0.4, -0.2) is 24.2 Å². The van der Waals surface area contributed by atoms with E-state index in [1.54, 1.807) is 0 Å². The minimum atomic E-state index is 0.340. The Labute approximate surface area is 121 Å². The molecule has 3 nitrogen and oxygen atoms in total. The molecule has 0 radical (unpaired) electrons. The van der Waals surface area contributed by atoms with Crippen LogP contribution in [0.3, 0.4) is 0 Å². The summed E-state index contributed by atoms with van der Waals surface area (Å²) >= 11 is 0. The second-order valence-electron chi connectivity index (χ2n) is 5.32. The standard InChI is InChI=1S/C17H24N2O/c1-14(2)20-11-4-3-9-18-12-15-6-5-7-16-13-19-10-8-17(15)16/h5-8,10,13-14,18H,3-4,9,11-12H2,1-2H3. The average molecular weight is 272 g/mol. The third kappa shape index (κ3) is 4.58. The molecule has 0 unspecified atom stereocenters. The highest BCUT2D eigenvalue weighted by Crippen LogP contribution is 2.17. The predicted octanol–water partition coefficient (Wildman–Crippen LogP) is 3.53. The molecule has 20 heavy (non-hydrogen) atoms. The van der Waals surface area contributed by atoms with Crippen molar-refractivity contribution in [1.82, 2.24) is 10.3 Å². The fourth-order valence-electron chi connectivity index (χ4n) is 2.24. The number of unbranched alkanes of at least 4 members (excludes halogenated alkanes) is 1. The molecule has 0 saturated heterocycles. The highest BCUT2D eigenvalue weighted by Gasteiger charge is 2.00. The van der Waals surface area contributed by atoms with Crippen molar-refractivity contribution in [3.05, 3.63) is 42.2 Å². The molecule has 0 aliphatic rings. The molecule has 0 spiro atoms. The van der Waals surface area contributed by atoms with E-state index in [9.17, 15) is 0 Å². The number of hydrogen-bond donors (Lipinski definition) is 1. The number of fused-ring (bicyclic) bond motifs is 1. The summed E-state index contributed by atoms with van der Waals surface area (Å²) in [6.45, 7) is 6.95. The summed E-state index contributed by atoms with van der Waals surface area (Å²) in [6, 6.07) is 8.46. The Morgan fingerprint density at radius 1 is 1.20 bits per heavy atom. The van der Waals surface area contributed by atoms with Crippen LogP contribution in [0.5, 0.6) is 0 Å². The first-order valence-electron chi connectivity index (χ1n) is 7.41. The summed E-state index contributed by atoms with van der Waals surface area (Å²) < 4.78 is 5.53. The zero-order valence-electron chi connectivity index (χ0n) is 12.4. The predicted molar refractivity (Wildman–Crippen MR) is 83.8 cm³/mol. The van der Waals surface area contributed by atoms with E-state index < -0.39 is 0 Å². The van der Waals surface area contributed by atoms with Gasteiger partial charge in [-0.05, 0) is 50.2 Å². The van der Waals surface area contributed by atoms with Crippen LogP contribution in [0.1, 0.15) is 32.3 Å². The lowest BCUT2D eigenvalue weighted by molar-refractivity contribution is 0.0760. The van der Waals surface area contributed by atoms with Gasteiger partial charge in [0.1, 0.15) is 0 Å². The molecule has 0 amide bonds. The van der Waals surface area contributed by atoms with Crippen molar-refractivity contribution in [2.24, 2.45) is 0 Å². The van der Waals surface area contributed by atoms with Crippen molar-refractivity contribution in [2.75, 3.05) is 13.2 Å². The van der Waals surface area contributed by atoms with Crippen molar-refractivity contribution in [1.29, 1.82) is 0 Å². The monoisotopic (exact) mass is 272 g/mol. The number of nitrogens with one attached hydrogen (secondary N) is 1. The lowest BCUT2D eigenvalue weighted by Gasteiger charge is -2.09. The van der Waals surface area contributed by atoms with Gasteiger partial charge >= 0.3 is 0 Å². The van der Waals surface area contributed by atoms with Gasteiger partial charge in [-0.2, -0.15) is 0 Å². The number of rotatable bonds is 8. The first kappa shape index (κ1) is 14.9. The minimum absolute atomic E-state index is 0.340. The van der Waals surface area contributed by atoms with Crippen LogP contribution in [0, 0.1) is 0 Å². The molecular weight excluding hydrogens is 248 g/mol. The molecule has 0 aliphatic carbocycles. The van der Waals surface area contributed by atoms with Crippen LogP contribution in [-0.2, 0) is 11.3 Å². The highest BCUT2D eigenvalue weighted by atomic mass is 16.5. The van der Waals surface area contributed by atoms with Crippen LogP contribution in [0.15, 0.2) is 36.7 Å². The molecule has 1 aromatic heterocycles. The van der Waals surface area contributed by atoms with Crippen LogP contribution in [0.4, 0.5) is 0 Å². The molecule has 0 saturated carbocycles. The molecule has 1 aromatic carbocycles. The van der Waals surface area contributed by atoms with Crippen molar-refractivity contribution >= 4 is 10.8 Å². The van der Waals surface area contributed by atoms with Crippen LogP contribution in [0.25, 0.3) is 10.8 Å². The Kier molecular flexibility index (Phi) is 5.96. The number of ether oxygens (including phenoxy) is 1. The van der Waals surface area contributed by atoms with E-state index in [2.05, 4.69) is 48.4 Å². The number of nitrogens with zero attached hydrogens (tertiary/aromatic N) is 1. The van der Waals surface area contributed by atoms with Gasteiger partial charge in [-0.3, -0.25) is 4.98 Å². The summed E-state index contributed by atoms with van der Waals surface area (Å²) in [5, 5.41) is 6.00. The highest BCUT2D eigenvalue weighted by molar-refractivity contribution is 5.84. The summed E-state index contributed by atoms with van der Waals surface area (Å²) in [6.07, 6.45) is 6.38. The van der Waals surface area contributed by atoms with E-state index >= 15 is 0 Å². The third-order valence-corrected chi connectivity index (χ3v) is 3.29. The topological polar surface area (TPSA) is 34.1 Å². The van der Waals surface area contributed by atoms with Crippen molar-refractivity contribution in [3.63, 3.8) is 0 Å². The number of pyridine rings is 1. The van der Waals surface area contributed by atoms with Gasteiger partial charge in [0.25, 0.3) is 0 Å². The van der Waals surface area contributed by atoms with Gasteiger partial charge < -0.3 is 10.1 Å². The Hall–Kier alpha value is -1.45. The SMILES string of the molecule is CC(C)OCCCCNCc1cccc2cnccc12. The molecule has 0 fully saturated rings. The zero-order chi connectivity index (χ0) is 14.2. The fourth-order valence-corrected chi connectivity index (χ4v) is 2.24. The lowest BCUT2D eigenvalue weighted by atomic mass is 10.1. The van der Waals surface area contributed by atoms with E-state index in [1.165, 1.54) is 16.3 Å². The molecule has 0 atom stereocenters. The van der Waals surface area contributed by atoms with Crippen LogP contribution < -0.4 is 5.32 Å². The van der Waals surface area contributed by atoms with Gasteiger partial charge in [-0.15, -0.1) is 0 Å². The number of aromatic nitrogens is 1. The lowest BCUT2D eigenvalue weighted by Crippen LogP contribution is -2.15. The first-order valence-corrected chi connectivity index (χ1v) is 7.41. The van der Waals surface area contributed by atoms with E-state index in [-0.39, 0.29) is 0 Å². The van der Waals surface area contributed by atoms with Crippen molar-refractivity contribution < 1.29 is 4.74 Å². The molecule has 3 heteroatoms. The summed E-state index contributed by atoms with van der Waals surface area (Å²) in [5.41, 5.74) is 1.34. The molecule has 2 rings (SSSR count). The third-order valence-electron chi connectivity index (χ3n) is 3.29. The van der Waals surface area contributed by atoms with E-state index in [0.717, 1.165) is 32.5 Å². The van der Waals surface area contributed by atoms with E-state index in [0.29, 0.717) is 6.10 Å². The van der Waals surface area contributed by atoms with Gasteiger partial charge in [0.05, 0.1) is 6.10 Å². The summed E-state index contributed by atoms with van der Waals surface area (Å²) in [5.74, 6) is 0. The van der Waals surface area contributed by atoms with Crippen molar-refractivity contribution in [2.45, 2.75) is 39.3 Å². The van der Waals surface area contributed by atoms with E-state index in [1.807, 2.05) is 12.4 Å². The summed E-state index contributed by atoms with van der Waals surface area (Å²) in [7, 11) is 0. The molecule has 0 aliphatic heterocycles. The smallest absolute Gasteiger partial charge is 0.0518 e. The molecule has 1 N–H and O–H groups in total. The first-order chi connectivity index (χ1) is 9.77. The quantitative estimate of drug-likeness (QED) is 0.746. The normalized spacial score (nSPS) is 11.3. The second kappa shape index (κ2) is 7.98. The zero-order valence-corrected chi connectivity index (χ0v) is 12.4. The maximum atomic E-state index is 5.53. The van der Waals surface area contributed by atoms with Gasteiger partial charge in [-0.1, -0.05) is 18.2 Å². The van der Waals surface area contributed by atoms with Crippen LogP contribution in [0.2, 0.25) is 0 Å². The molecule has 108 valence electrons. The van der Waals surface area contributed by atoms with Gasteiger partial charge in [0.15, 0.2) is 0 Å². The second-order valence-corrected chi connectivity index (χ2v) is 5.32. The number of benzene rings is 1. The van der Waals surface area contributed by atoms with Gasteiger partial charge in [0, 0.05) is 30.9 Å². The molecular formula is C17H24N2O. The van der Waals surface area contributed by atoms with Gasteiger partial charge in [0.2, 0.25) is 0 Å². The maximum absolute atomic E-state index is 5.53. The summed E-state index contributed by atoms with van der Waals surface area (Å²) in [4.78, 5) is 4.16. The van der Waals surface area contributed by atoms with E-state index in [4.69, 9.17) is 4.74 Å². The van der Waals surface area contributed by atoms with Gasteiger partial charge in [-0.25, -0.2) is 0 Å².